The van der Waals surface area contributed by atoms with E-state index in [2.05, 4.69) is 41.2 Å². The Morgan fingerprint density at radius 2 is 1.87 bits per heavy atom. The number of ether oxygens (including phenoxy) is 1. The first-order valence-corrected chi connectivity index (χ1v) is 8.13. The van der Waals surface area contributed by atoms with Crippen LogP contribution in [0.5, 0.6) is 5.75 Å². The van der Waals surface area contributed by atoms with Gasteiger partial charge >= 0.3 is 0 Å². The molecule has 3 nitrogen and oxygen atoms in total. The van der Waals surface area contributed by atoms with Gasteiger partial charge in [0, 0.05) is 11.8 Å². The zero-order valence-corrected chi connectivity index (χ0v) is 13.6. The first-order chi connectivity index (χ1) is 11.2. The molecule has 0 aliphatic heterocycles. The van der Waals surface area contributed by atoms with Gasteiger partial charge in [0.05, 0.1) is 18.3 Å². The van der Waals surface area contributed by atoms with Crippen LogP contribution < -0.4 is 4.74 Å². The summed E-state index contributed by atoms with van der Waals surface area (Å²) in [6.45, 7) is 2.08. The molecular weight excluding hydrogens is 284 g/mol. The third-order valence-electron chi connectivity index (χ3n) is 4.76. The lowest BCUT2D eigenvalue weighted by Crippen LogP contribution is -1.98. The topological polar surface area (TPSA) is 35.0 Å². The molecule has 1 aliphatic rings. The van der Waals surface area contributed by atoms with Gasteiger partial charge in [-0.25, -0.2) is 9.97 Å². The first kappa shape index (κ1) is 14.2. The van der Waals surface area contributed by atoms with Crippen LogP contribution in [0.2, 0.25) is 0 Å². The number of aryl methyl sites for hydroxylation is 3. The van der Waals surface area contributed by atoms with Crippen molar-refractivity contribution in [1.29, 1.82) is 0 Å². The Hall–Kier alpha value is -2.42. The highest BCUT2D eigenvalue weighted by Crippen LogP contribution is 2.28. The molecule has 116 valence electrons. The summed E-state index contributed by atoms with van der Waals surface area (Å²) < 4.78 is 5.35. The van der Waals surface area contributed by atoms with E-state index in [1.54, 1.807) is 13.4 Å². The number of hydrogen-bond acceptors (Lipinski definition) is 3. The summed E-state index contributed by atoms with van der Waals surface area (Å²) in [6, 6.07) is 10.9. The number of methoxy groups -OCH3 is 1. The molecule has 0 spiro atoms. The van der Waals surface area contributed by atoms with Crippen LogP contribution in [0.25, 0.3) is 10.9 Å². The number of nitrogens with zero attached hydrogens (tertiary/aromatic N) is 2. The molecule has 2 aromatic carbocycles. The molecule has 0 radical (unpaired) electrons. The number of rotatable bonds is 3. The largest absolute Gasteiger partial charge is 0.496 e. The van der Waals surface area contributed by atoms with Gasteiger partial charge in [0.15, 0.2) is 0 Å². The first-order valence-electron chi connectivity index (χ1n) is 8.13. The third kappa shape index (κ3) is 2.56. The average molecular weight is 304 g/mol. The van der Waals surface area contributed by atoms with Crippen molar-refractivity contribution in [2.24, 2.45) is 0 Å². The number of aromatic nitrogens is 2. The van der Waals surface area contributed by atoms with E-state index >= 15 is 0 Å². The minimum Gasteiger partial charge on any atom is -0.496 e. The Morgan fingerprint density at radius 3 is 2.65 bits per heavy atom. The number of hydrogen-bond donors (Lipinski definition) is 0. The quantitative estimate of drug-likeness (QED) is 0.733. The molecule has 0 amide bonds. The van der Waals surface area contributed by atoms with E-state index in [0.717, 1.165) is 28.9 Å². The highest BCUT2D eigenvalue weighted by atomic mass is 16.5. The van der Waals surface area contributed by atoms with Crippen molar-refractivity contribution in [3.05, 3.63) is 64.6 Å². The second-order valence-electron chi connectivity index (χ2n) is 6.29. The molecule has 0 saturated heterocycles. The molecular formula is C20H20N2O. The van der Waals surface area contributed by atoms with E-state index in [4.69, 9.17) is 4.74 Å². The molecule has 0 N–H and O–H groups in total. The summed E-state index contributed by atoms with van der Waals surface area (Å²) in [5, 5.41) is 1.20. The zero-order valence-electron chi connectivity index (χ0n) is 13.6. The van der Waals surface area contributed by atoms with Gasteiger partial charge in [0.2, 0.25) is 0 Å². The monoisotopic (exact) mass is 304 g/mol. The van der Waals surface area contributed by atoms with Crippen LogP contribution in [-0.4, -0.2) is 17.1 Å². The summed E-state index contributed by atoms with van der Waals surface area (Å²) in [7, 11) is 1.71. The zero-order chi connectivity index (χ0) is 15.8. The van der Waals surface area contributed by atoms with Gasteiger partial charge in [-0.2, -0.15) is 0 Å². The molecule has 0 bridgehead atoms. The standard InChI is InChI=1S/C20H20N2O/c1-13-8-14(6-7-20(13)23-2)9-18-17-10-15-4-3-5-16(15)11-19(17)22-12-21-18/h6-8,10-12H,3-5,9H2,1-2H3. The fourth-order valence-electron chi connectivity index (χ4n) is 3.56. The number of fused-ring (bicyclic) bond motifs is 2. The SMILES string of the molecule is COc1ccc(Cc2ncnc3cc4c(cc23)CCC4)cc1C. The predicted molar refractivity (Wildman–Crippen MR) is 92.1 cm³/mol. The molecule has 0 fully saturated rings. The van der Waals surface area contributed by atoms with E-state index in [1.807, 2.05) is 6.07 Å². The van der Waals surface area contributed by atoms with Crippen molar-refractivity contribution < 1.29 is 4.74 Å². The van der Waals surface area contributed by atoms with Crippen LogP contribution in [0.4, 0.5) is 0 Å². The lowest BCUT2D eigenvalue weighted by atomic mass is 10.0. The minimum atomic E-state index is 0.822. The molecule has 1 heterocycles. The van der Waals surface area contributed by atoms with Gasteiger partial charge in [-0.05, 0) is 66.6 Å². The van der Waals surface area contributed by atoms with Crippen molar-refractivity contribution in [2.45, 2.75) is 32.6 Å². The smallest absolute Gasteiger partial charge is 0.121 e. The van der Waals surface area contributed by atoms with E-state index < -0.39 is 0 Å². The van der Waals surface area contributed by atoms with Gasteiger partial charge < -0.3 is 4.74 Å². The fraction of sp³-hybridized carbons (Fsp3) is 0.300. The molecule has 4 rings (SSSR count). The van der Waals surface area contributed by atoms with Crippen LogP contribution in [0.3, 0.4) is 0 Å². The predicted octanol–water partition coefficient (Wildman–Crippen LogP) is 4.03. The Kier molecular flexibility index (Phi) is 3.49. The third-order valence-corrected chi connectivity index (χ3v) is 4.76. The van der Waals surface area contributed by atoms with Crippen molar-refractivity contribution in [1.82, 2.24) is 9.97 Å². The summed E-state index contributed by atoms with van der Waals surface area (Å²) >= 11 is 0. The van der Waals surface area contributed by atoms with Crippen LogP contribution in [0.1, 0.15) is 34.4 Å². The Labute approximate surface area is 136 Å². The van der Waals surface area contributed by atoms with Crippen molar-refractivity contribution in [3.8, 4) is 5.75 Å². The normalized spacial score (nSPS) is 13.3. The molecule has 3 heteroatoms. The van der Waals surface area contributed by atoms with E-state index in [9.17, 15) is 0 Å². The average Bonchev–Trinajstić information content (AvgIpc) is 3.01. The Bertz CT molecular complexity index is 886. The molecule has 3 aromatic rings. The summed E-state index contributed by atoms with van der Waals surface area (Å²) in [5.41, 5.74) is 7.52. The molecule has 23 heavy (non-hydrogen) atoms. The fourth-order valence-corrected chi connectivity index (χ4v) is 3.56. The number of benzene rings is 2. The molecule has 1 aromatic heterocycles. The van der Waals surface area contributed by atoms with Gasteiger partial charge in [0.1, 0.15) is 12.1 Å². The Balaban J connectivity index is 1.75. The summed E-state index contributed by atoms with van der Waals surface area (Å²) in [4.78, 5) is 9.03. The van der Waals surface area contributed by atoms with E-state index in [0.29, 0.717) is 0 Å². The second-order valence-corrected chi connectivity index (χ2v) is 6.29. The maximum absolute atomic E-state index is 5.35. The molecule has 1 aliphatic carbocycles. The van der Waals surface area contributed by atoms with Crippen LogP contribution in [0.15, 0.2) is 36.7 Å². The van der Waals surface area contributed by atoms with Crippen LogP contribution in [-0.2, 0) is 19.3 Å². The van der Waals surface area contributed by atoms with Crippen molar-refractivity contribution >= 4 is 10.9 Å². The maximum atomic E-state index is 5.35. The second kappa shape index (κ2) is 5.65. The van der Waals surface area contributed by atoms with Gasteiger partial charge in [-0.1, -0.05) is 12.1 Å². The lowest BCUT2D eigenvalue weighted by molar-refractivity contribution is 0.411. The lowest BCUT2D eigenvalue weighted by Gasteiger charge is -2.10. The maximum Gasteiger partial charge on any atom is 0.121 e. The summed E-state index contributed by atoms with van der Waals surface area (Å²) in [6.07, 6.45) is 6.13. The van der Waals surface area contributed by atoms with E-state index in [-0.39, 0.29) is 0 Å². The van der Waals surface area contributed by atoms with Crippen molar-refractivity contribution in [2.75, 3.05) is 7.11 Å². The van der Waals surface area contributed by atoms with Crippen molar-refractivity contribution in [3.63, 3.8) is 0 Å². The van der Waals surface area contributed by atoms with Crippen LogP contribution >= 0.6 is 0 Å². The Morgan fingerprint density at radius 1 is 1.04 bits per heavy atom. The van der Waals surface area contributed by atoms with Gasteiger partial charge in [-0.3, -0.25) is 0 Å². The minimum absolute atomic E-state index is 0.822. The van der Waals surface area contributed by atoms with Gasteiger partial charge in [-0.15, -0.1) is 0 Å². The highest BCUT2D eigenvalue weighted by Gasteiger charge is 2.14. The van der Waals surface area contributed by atoms with Crippen LogP contribution in [0, 0.1) is 6.92 Å². The molecule has 0 unspecified atom stereocenters. The molecule has 0 atom stereocenters. The molecule has 0 saturated carbocycles. The van der Waals surface area contributed by atoms with E-state index in [1.165, 1.54) is 41.3 Å². The van der Waals surface area contributed by atoms with Gasteiger partial charge in [0.25, 0.3) is 0 Å². The summed E-state index contributed by atoms with van der Waals surface area (Å²) in [5.74, 6) is 0.930. The highest BCUT2D eigenvalue weighted by molar-refractivity contribution is 5.83.